The molecule has 0 saturated heterocycles. The summed E-state index contributed by atoms with van der Waals surface area (Å²) in [7, 11) is 0. The zero-order valence-corrected chi connectivity index (χ0v) is 9.45. The first-order chi connectivity index (χ1) is 8.33. The molecule has 7 heteroatoms. The van der Waals surface area contributed by atoms with Crippen molar-refractivity contribution < 1.29 is 32.5 Å². The molecule has 1 rings (SSSR count). The van der Waals surface area contributed by atoms with Gasteiger partial charge in [0, 0.05) is 0 Å². The van der Waals surface area contributed by atoms with Gasteiger partial charge in [-0.05, 0) is 25.1 Å². The summed E-state index contributed by atoms with van der Waals surface area (Å²) in [5.74, 6) is -1.38. The summed E-state index contributed by atoms with van der Waals surface area (Å²) in [6.45, 7) is 0.447. The van der Waals surface area contributed by atoms with Gasteiger partial charge in [-0.1, -0.05) is 0 Å². The molecule has 1 aromatic carbocycles. The summed E-state index contributed by atoms with van der Waals surface area (Å²) in [6, 6.07) is 3.49. The highest BCUT2D eigenvalue weighted by Crippen LogP contribution is 2.26. The van der Waals surface area contributed by atoms with Crippen LogP contribution in [0, 0.1) is 0 Å². The third-order valence-corrected chi connectivity index (χ3v) is 1.88. The second-order valence-corrected chi connectivity index (χ2v) is 3.30. The first-order valence-electron chi connectivity index (χ1n) is 5.03. The zero-order valence-electron chi connectivity index (χ0n) is 9.45. The van der Waals surface area contributed by atoms with Crippen LogP contribution in [0.25, 0.3) is 0 Å². The van der Waals surface area contributed by atoms with Crippen LogP contribution in [0.5, 0.6) is 11.5 Å². The van der Waals surface area contributed by atoms with Crippen molar-refractivity contribution in [3.05, 3.63) is 23.8 Å². The van der Waals surface area contributed by atoms with Gasteiger partial charge in [0.1, 0.15) is 17.1 Å². The monoisotopic (exact) mass is 264 g/mol. The number of rotatable bonds is 5. The summed E-state index contributed by atoms with van der Waals surface area (Å²) in [4.78, 5) is 10.9. The number of hydrogen-bond donors (Lipinski definition) is 1. The molecule has 0 amide bonds. The van der Waals surface area contributed by atoms with Crippen LogP contribution in [-0.2, 0) is 0 Å². The van der Waals surface area contributed by atoms with Crippen molar-refractivity contribution in [3.8, 4) is 11.5 Å². The molecule has 0 aliphatic rings. The maximum atomic E-state index is 11.9. The quantitative estimate of drug-likeness (QED) is 0.888. The van der Waals surface area contributed by atoms with E-state index in [0.717, 1.165) is 6.07 Å². The van der Waals surface area contributed by atoms with Crippen molar-refractivity contribution in [2.24, 2.45) is 0 Å². The Morgan fingerprint density at radius 3 is 2.50 bits per heavy atom. The van der Waals surface area contributed by atoms with E-state index < -0.39 is 18.8 Å². The molecule has 0 fully saturated rings. The Bertz CT molecular complexity index is 429. The molecule has 0 aromatic heterocycles. The van der Waals surface area contributed by atoms with E-state index in [4.69, 9.17) is 9.84 Å². The SMILES string of the molecule is CCOc1ccc(OCC(F)(F)F)cc1C(=O)O. The molecular formula is C11H11F3O4. The number of carbonyl (C=O) groups is 1. The summed E-state index contributed by atoms with van der Waals surface area (Å²) in [5, 5.41) is 8.89. The van der Waals surface area contributed by atoms with Crippen LogP contribution >= 0.6 is 0 Å². The molecule has 0 aliphatic carbocycles. The highest BCUT2D eigenvalue weighted by molar-refractivity contribution is 5.91. The molecule has 0 radical (unpaired) electrons. The lowest BCUT2D eigenvalue weighted by Gasteiger charge is -2.11. The maximum Gasteiger partial charge on any atom is 0.422 e. The Balaban J connectivity index is 2.89. The number of hydrogen-bond acceptors (Lipinski definition) is 3. The molecular weight excluding hydrogens is 253 g/mol. The number of halogens is 3. The van der Waals surface area contributed by atoms with Crippen molar-refractivity contribution in [2.75, 3.05) is 13.2 Å². The van der Waals surface area contributed by atoms with E-state index in [2.05, 4.69) is 4.74 Å². The van der Waals surface area contributed by atoms with E-state index in [9.17, 15) is 18.0 Å². The van der Waals surface area contributed by atoms with E-state index in [0.29, 0.717) is 0 Å². The number of carboxylic acids is 1. The lowest BCUT2D eigenvalue weighted by Crippen LogP contribution is -2.19. The highest BCUT2D eigenvalue weighted by atomic mass is 19.4. The van der Waals surface area contributed by atoms with Gasteiger partial charge >= 0.3 is 12.1 Å². The van der Waals surface area contributed by atoms with E-state index in [-0.39, 0.29) is 23.7 Å². The second kappa shape index (κ2) is 5.61. The van der Waals surface area contributed by atoms with Crippen molar-refractivity contribution in [3.63, 3.8) is 0 Å². The van der Waals surface area contributed by atoms with E-state index in [1.165, 1.54) is 12.1 Å². The molecule has 0 spiro atoms. The predicted molar refractivity (Wildman–Crippen MR) is 56.1 cm³/mol. The molecule has 18 heavy (non-hydrogen) atoms. The molecule has 0 heterocycles. The van der Waals surface area contributed by atoms with Gasteiger partial charge in [-0.3, -0.25) is 0 Å². The number of carboxylic acid groups (broad SMARTS) is 1. The van der Waals surface area contributed by atoms with Crippen LogP contribution < -0.4 is 9.47 Å². The lowest BCUT2D eigenvalue weighted by atomic mass is 10.2. The molecule has 1 N–H and O–H groups in total. The maximum absolute atomic E-state index is 11.9. The van der Waals surface area contributed by atoms with Gasteiger partial charge < -0.3 is 14.6 Å². The zero-order chi connectivity index (χ0) is 13.8. The summed E-state index contributed by atoms with van der Waals surface area (Å²) in [5.41, 5.74) is -0.239. The number of benzene rings is 1. The molecule has 0 atom stereocenters. The Kier molecular flexibility index (Phi) is 4.41. The van der Waals surface area contributed by atoms with Gasteiger partial charge in [-0.2, -0.15) is 13.2 Å². The summed E-state index contributed by atoms with van der Waals surface area (Å²) in [6.07, 6.45) is -4.47. The van der Waals surface area contributed by atoms with Gasteiger partial charge in [0.25, 0.3) is 0 Å². The molecule has 0 aliphatic heterocycles. The smallest absolute Gasteiger partial charge is 0.422 e. The minimum absolute atomic E-state index is 0.0874. The average Bonchev–Trinajstić information content (AvgIpc) is 2.26. The summed E-state index contributed by atoms with van der Waals surface area (Å²) >= 11 is 0. The van der Waals surface area contributed by atoms with Crippen LogP contribution in [0.4, 0.5) is 13.2 Å². The van der Waals surface area contributed by atoms with Gasteiger partial charge in [-0.15, -0.1) is 0 Å². The van der Waals surface area contributed by atoms with Gasteiger partial charge in [0.15, 0.2) is 6.61 Å². The van der Waals surface area contributed by atoms with Gasteiger partial charge in [-0.25, -0.2) is 4.79 Å². The Labute approximate surface area is 101 Å². The fraction of sp³-hybridized carbons (Fsp3) is 0.364. The number of ether oxygens (including phenoxy) is 2. The Hall–Kier alpha value is -1.92. The predicted octanol–water partition coefficient (Wildman–Crippen LogP) is 2.72. The first-order valence-corrected chi connectivity index (χ1v) is 5.03. The second-order valence-electron chi connectivity index (χ2n) is 3.30. The Morgan fingerprint density at radius 1 is 1.33 bits per heavy atom. The van der Waals surface area contributed by atoms with Crippen LogP contribution in [0.3, 0.4) is 0 Å². The van der Waals surface area contributed by atoms with Crippen LogP contribution in [0.1, 0.15) is 17.3 Å². The van der Waals surface area contributed by atoms with Gasteiger partial charge in [0.05, 0.1) is 6.61 Å². The summed E-state index contributed by atoms with van der Waals surface area (Å²) < 4.78 is 45.3. The molecule has 0 bridgehead atoms. The minimum atomic E-state index is -4.47. The topological polar surface area (TPSA) is 55.8 Å². The van der Waals surface area contributed by atoms with Crippen LogP contribution in [0.2, 0.25) is 0 Å². The lowest BCUT2D eigenvalue weighted by molar-refractivity contribution is -0.153. The van der Waals surface area contributed by atoms with Crippen LogP contribution in [0.15, 0.2) is 18.2 Å². The van der Waals surface area contributed by atoms with Gasteiger partial charge in [0.2, 0.25) is 0 Å². The van der Waals surface area contributed by atoms with E-state index in [1.807, 2.05) is 0 Å². The fourth-order valence-electron chi connectivity index (χ4n) is 1.21. The molecule has 1 aromatic rings. The van der Waals surface area contributed by atoms with Crippen LogP contribution in [-0.4, -0.2) is 30.5 Å². The molecule has 100 valence electrons. The molecule has 0 saturated carbocycles. The third-order valence-electron chi connectivity index (χ3n) is 1.88. The number of alkyl halides is 3. The average molecular weight is 264 g/mol. The van der Waals surface area contributed by atoms with E-state index >= 15 is 0 Å². The first kappa shape index (κ1) is 14.1. The fourth-order valence-corrected chi connectivity index (χ4v) is 1.21. The third kappa shape index (κ3) is 4.15. The van der Waals surface area contributed by atoms with Crippen molar-refractivity contribution in [2.45, 2.75) is 13.1 Å². The number of aromatic carboxylic acids is 1. The normalized spacial score (nSPS) is 11.1. The van der Waals surface area contributed by atoms with Crippen molar-refractivity contribution in [1.29, 1.82) is 0 Å². The highest BCUT2D eigenvalue weighted by Gasteiger charge is 2.28. The minimum Gasteiger partial charge on any atom is -0.493 e. The largest absolute Gasteiger partial charge is 0.493 e. The van der Waals surface area contributed by atoms with Crippen molar-refractivity contribution in [1.82, 2.24) is 0 Å². The Morgan fingerprint density at radius 2 is 2.00 bits per heavy atom. The van der Waals surface area contributed by atoms with E-state index in [1.54, 1.807) is 6.92 Å². The van der Waals surface area contributed by atoms with Crippen molar-refractivity contribution >= 4 is 5.97 Å². The molecule has 4 nitrogen and oxygen atoms in total. The molecule has 0 unspecified atom stereocenters. The standard InChI is InChI=1S/C11H11F3O4/c1-2-17-9-4-3-7(5-8(9)10(15)16)18-6-11(12,13)14/h3-5H,2,6H2,1H3,(H,15,16).